The van der Waals surface area contributed by atoms with E-state index in [1.54, 1.807) is 0 Å². The van der Waals surface area contributed by atoms with E-state index in [2.05, 4.69) is 8.83 Å². The summed E-state index contributed by atoms with van der Waals surface area (Å²) in [6.45, 7) is -0.778. The number of nitrogens with one attached hydrogen (secondary N) is 1. The van der Waals surface area contributed by atoms with Gasteiger partial charge in [0.1, 0.15) is 6.10 Å². The second kappa shape index (κ2) is 8.52. The number of hydrogen-bond acceptors (Lipinski definition) is 12. The number of aromatic amines is 1. The Morgan fingerprint density at radius 1 is 1.12 bits per heavy atom. The second-order valence-electron chi connectivity index (χ2n) is 6.88. The normalized spacial score (nSPS) is 30.4. The third-order valence-electron chi connectivity index (χ3n) is 4.58. The van der Waals surface area contributed by atoms with Crippen LogP contribution in [0.1, 0.15) is 13.2 Å². The minimum absolute atomic E-state index is 0.209. The molecule has 33 heavy (non-hydrogen) atoms. The molecule has 2 aliphatic rings. The lowest BCUT2D eigenvalue weighted by atomic mass is 10.1. The number of H-pyrrole nitrogens is 1. The largest absolute Gasteiger partial charge is 0.509 e. The first kappa shape index (κ1) is 25.9. The van der Waals surface area contributed by atoms with Crippen LogP contribution >= 0.6 is 23.0 Å². The molecular formula is C12H17N2O16P3. The molecular weight excluding hydrogens is 521 g/mol. The molecule has 18 nitrogen and oxygen atoms in total. The number of fused-ring (bicyclic) bond motifs is 1. The lowest BCUT2D eigenvalue weighted by Gasteiger charge is -2.29. The van der Waals surface area contributed by atoms with Crippen molar-refractivity contribution in [2.75, 3.05) is 6.61 Å². The Kier molecular flexibility index (Phi) is 6.69. The minimum atomic E-state index is -5.88. The van der Waals surface area contributed by atoms with E-state index < -0.39 is 76.6 Å². The smallest absolute Gasteiger partial charge is 0.424 e. The zero-order chi connectivity index (χ0) is 25.0. The molecule has 1 aromatic heterocycles. The molecule has 3 unspecified atom stereocenters. The van der Waals surface area contributed by atoms with Gasteiger partial charge in [0.05, 0.1) is 6.61 Å². The van der Waals surface area contributed by atoms with Gasteiger partial charge in [0.15, 0.2) is 18.4 Å². The van der Waals surface area contributed by atoms with Crippen LogP contribution in [-0.4, -0.2) is 70.4 Å². The van der Waals surface area contributed by atoms with Crippen LogP contribution in [0.4, 0.5) is 4.79 Å². The van der Waals surface area contributed by atoms with Crippen molar-refractivity contribution in [3.63, 3.8) is 0 Å². The number of hydrogen-bond donors (Lipinski definition) is 6. The summed E-state index contributed by atoms with van der Waals surface area (Å²) in [5, 5.41) is 5.89. The zero-order valence-corrected chi connectivity index (χ0v) is 18.9. The summed E-state index contributed by atoms with van der Waals surface area (Å²) in [5.41, 5.74) is -1.68. The quantitative estimate of drug-likeness (QED) is 0.162. The lowest BCUT2D eigenvalue weighted by Crippen LogP contribution is -2.36. The van der Waals surface area contributed by atoms with Crippen LogP contribution in [0.2, 0.25) is 0 Å². The molecule has 0 aliphatic carbocycles. The number of aromatic nitrogens is 2. The molecule has 0 aromatic carbocycles. The number of ether oxygens (including phenoxy) is 3. The van der Waals surface area contributed by atoms with Gasteiger partial charge in [-0.2, -0.15) is 0 Å². The molecule has 186 valence electrons. The molecule has 0 spiro atoms. The Labute approximate surface area is 181 Å². The highest BCUT2D eigenvalue weighted by Gasteiger charge is 2.60. The third kappa shape index (κ3) is 5.06. The minimum Gasteiger partial charge on any atom is -0.424 e. The van der Waals surface area contributed by atoms with Crippen molar-refractivity contribution in [3.05, 3.63) is 33.1 Å². The predicted molar refractivity (Wildman–Crippen MR) is 99.7 cm³/mol. The van der Waals surface area contributed by atoms with Crippen LogP contribution in [0.25, 0.3) is 0 Å². The molecule has 1 aromatic rings. The number of aliphatic hydroxyl groups is 1. The van der Waals surface area contributed by atoms with E-state index in [0.29, 0.717) is 0 Å². The summed E-state index contributed by atoms with van der Waals surface area (Å²) < 4.78 is 59.8. The van der Waals surface area contributed by atoms with Crippen molar-refractivity contribution >= 4 is 29.2 Å². The molecule has 0 amide bonds. The number of carbonyl (C=O) groups is 1. The Bertz CT molecular complexity index is 1200. The molecule has 3 rings (SSSR count). The molecule has 0 saturated carbocycles. The average molecular weight is 538 g/mol. The van der Waals surface area contributed by atoms with E-state index in [9.17, 15) is 43.0 Å². The van der Waals surface area contributed by atoms with Gasteiger partial charge in [-0.1, -0.05) is 0 Å². The summed E-state index contributed by atoms with van der Waals surface area (Å²) in [5.74, 6) is 0. The molecule has 0 radical (unpaired) electrons. The summed E-state index contributed by atoms with van der Waals surface area (Å²) in [7, 11) is -17.2. The predicted octanol–water partition coefficient (Wildman–Crippen LogP) is -1.50. The van der Waals surface area contributed by atoms with Crippen LogP contribution in [0.15, 0.2) is 21.9 Å². The van der Waals surface area contributed by atoms with E-state index >= 15 is 0 Å². The maximum Gasteiger partial charge on any atom is 0.509 e. The van der Waals surface area contributed by atoms with Crippen LogP contribution in [-0.2, 0) is 36.7 Å². The Morgan fingerprint density at radius 2 is 1.73 bits per heavy atom. The number of rotatable bonds is 8. The van der Waals surface area contributed by atoms with Gasteiger partial charge in [0.2, 0.25) is 0 Å². The molecule has 6 N–H and O–H groups in total. The van der Waals surface area contributed by atoms with Crippen molar-refractivity contribution in [2.24, 2.45) is 0 Å². The Balaban J connectivity index is 1.76. The number of phosphoric ester groups is 1. The van der Waals surface area contributed by atoms with Crippen LogP contribution in [0, 0.1) is 0 Å². The van der Waals surface area contributed by atoms with Crippen molar-refractivity contribution in [1.29, 1.82) is 0 Å². The molecule has 2 aliphatic heterocycles. The number of carbonyl (C=O) groups excluding carboxylic acids is 1. The summed E-state index contributed by atoms with van der Waals surface area (Å²) >= 11 is 0. The fourth-order valence-electron chi connectivity index (χ4n) is 2.78. The standard InChI is InChI=1S/C12H17N2O16P3/c1-12(18,31(19,20)21)32(22,23)30-33(24,25)26-4-5-7-8(29-11(17)28-7)9(27-5)14-3-2-6(15)13-10(14)16/h2-3,5,7-9,18H,4H2,1H3,(H,22,23)(H,24,25)(H,13,15,16)(H2,19,20,21)/t5-,7-,8-,9-,12?/m1/s1. The van der Waals surface area contributed by atoms with E-state index in [1.807, 2.05) is 4.98 Å². The Hall–Kier alpha value is -1.68. The maximum atomic E-state index is 12.1. The van der Waals surface area contributed by atoms with Crippen LogP contribution < -0.4 is 11.2 Å². The van der Waals surface area contributed by atoms with Crippen LogP contribution in [0.3, 0.4) is 0 Å². The van der Waals surface area contributed by atoms with Gasteiger partial charge in [-0.25, -0.2) is 18.5 Å². The van der Waals surface area contributed by atoms with Crippen molar-refractivity contribution in [1.82, 2.24) is 9.55 Å². The lowest BCUT2D eigenvalue weighted by molar-refractivity contribution is -0.0726. The van der Waals surface area contributed by atoms with Gasteiger partial charge in [0.25, 0.3) is 10.6 Å². The van der Waals surface area contributed by atoms with Gasteiger partial charge in [0, 0.05) is 12.3 Å². The average Bonchev–Trinajstić information content (AvgIpc) is 3.16. The van der Waals surface area contributed by atoms with Gasteiger partial charge >= 0.3 is 34.9 Å². The van der Waals surface area contributed by atoms with E-state index in [-0.39, 0.29) is 6.92 Å². The second-order valence-corrected chi connectivity index (χ2v) is 13.0. The highest BCUT2D eigenvalue weighted by molar-refractivity contribution is 7.75. The molecule has 0 bridgehead atoms. The van der Waals surface area contributed by atoms with Gasteiger partial charge in [-0.3, -0.25) is 28.0 Å². The van der Waals surface area contributed by atoms with Gasteiger partial charge in [-0.05, 0) is 6.92 Å². The fraction of sp³-hybridized carbons (Fsp3) is 0.583. The highest BCUT2D eigenvalue weighted by atomic mass is 31.3. The number of phosphoric acid groups is 1. The SMILES string of the molecule is CC(O)(P(=O)(O)O)P(=O)(O)OP(=O)(O)OC[C@H]1O[C@@H](n2ccc(=O)[nH]c2=O)[C@@H]2OC(=O)O[C@@H]21. The molecule has 2 fully saturated rings. The molecule has 2 saturated heterocycles. The monoisotopic (exact) mass is 538 g/mol. The fourth-order valence-corrected chi connectivity index (χ4v) is 6.69. The molecule has 21 heteroatoms. The first-order chi connectivity index (χ1) is 15.0. The zero-order valence-electron chi connectivity index (χ0n) is 16.2. The van der Waals surface area contributed by atoms with Gasteiger partial charge in [-0.15, -0.1) is 0 Å². The van der Waals surface area contributed by atoms with E-state index in [1.165, 1.54) is 0 Å². The summed E-state index contributed by atoms with van der Waals surface area (Å²) in [6.07, 6.45) is -5.53. The Morgan fingerprint density at radius 3 is 2.30 bits per heavy atom. The summed E-state index contributed by atoms with van der Waals surface area (Å²) in [4.78, 5) is 74.0. The van der Waals surface area contributed by atoms with E-state index in [4.69, 9.17) is 24.0 Å². The van der Waals surface area contributed by atoms with Crippen molar-refractivity contribution in [2.45, 2.75) is 36.5 Å². The molecule has 3 heterocycles. The van der Waals surface area contributed by atoms with Crippen molar-refractivity contribution < 1.29 is 66.2 Å². The highest BCUT2D eigenvalue weighted by Crippen LogP contribution is 2.74. The first-order valence-electron chi connectivity index (χ1n) is 8.59. The maximum absolute atomic E-state index is 12.1. The van der Waals surface area contributed by atoms with E-state index in [0.717, 1.165) is 16.8 Å². The van der Waals surface area contributed by atoms with Crippen LogP contribution in [0.5, 0.6) is 0 Å². The number of nitrogens with zero attached hydrogens (tertiary/aromatic N) is 1. The first-order valence-corrected chi connectivity index (χ1v) is 13.3. The van der Waals surface area contributed by atoms with Gasteiger partial charge < -0.3 is 38.9 Å². The topological polar surface area (TPSA) is 270 Å². The molecule has 7 atom stereocenters. The summed E-state index contributed by atoms with van der Waals surface area (Å²) in [6, 6.07) is 0.961. The van der Waals surface area contributed by atoms with Crippen molar-refractivity contribution in [3.8, 4) is 0 Å². The third-order valence-corrected chi connectivity index (χ3v) is 10.5.